The Balaban J connectivity index is 1.86. The molecule has 1 aliphatic rings. The molecule has 0 saturated carbocycles. The average molecular weight is 371 g/mol. The summed E-state index contributed by atoms with van der Waals surface area (Å²) in [5, 5.41) is 12.0. The van der Waals surface area contributed by atoms with E-state index in [2.05, 4.69) is 5.32 Å². The largest absolute Gasteiger partial charge is 0.493 e. The first-order valence-corrected chi connectivity index (χ1v) is 8.41. The summed E-state index contributed by atoms with van der Waals surface area (Å²) < 4.78 is 16.3. The second-order valence-corrected chi connectivity index (χ2v) is 6.41. The van der Waals surface area contributed by atoms with Gasteiger partial charge in [0, 0.05) is 6.42 Å². The number of carboxylic acids is 1. The topological polar surface area (TPSA) is 94.1 Å². The molecule has 27 heavy (non-hydrogen) atoms. The van der Waals surface area contributed by atoms with Gasteiger partial charge in [0.25, 0.3) is 5.91 Å². The van der Waals surface area contributed by atoms with E-state index >= 15 is 0 Å². The third-order valence-electron chi connectivity index (χ3n) is 4.63. The third kappa shape index (κ3) is 3.53. The molecule has 7 heteroatoms. The fourth-order valence-electron chi connectivity index (χ4n) is 3.05. The van der Waals surface area contributed by atoms with Crippen LogP contribution in [-0.2, 0) is 11.2 Å². The molecule has 0 bridgehead atoms. The second kappa shape index (κ2) is 7.19. The van der Waals surface area contributed by atoms with Crippen molar-refractivity contribution in [2.24, 2.45) is 0 Å². The van der Waals surface area contributed by atoms with E-state index < -0.39 is 12.1 Å². The lowest BCUT2D eigenvalue weighted by Gasteiger charge is -2.16. The second-order valence-electron chi connectivity index (χ2n) is 6.41. The molecule has 0 spiro atoms. The van der Waals surface area contributed by atoms with Crippen molar-refractivity contribution in [1.82, 2.24) is 0 Å². The Morgan fingerprint density at radius 2 is 1.81 bits per heavy atom. The summed E-state index contributed by atoms with van der Waals surface area (Å²) in [7, 11) is 2.82. The first-order valence-electron chi connectivity index (χ1n) is 8.41. The number of hydrogen-bond acceptors (Lipinski definition) is 5. The normalized spacial score (nSPS) is 14.9. The summed E-state index contributed by atoms with van der Waals surface area (Å²) in [4.78, 5) is 24.1. The van der Waals surface area contributed by atoms with Gasteiger partial charge >= 0.3 is 5.97 Å². The number of hydrogen-bond donors (Lipinski definition) is 2. The molecule has 7 nitrogen and oxygen atoms in total. The van der Waals surface area contributed by atoms with Gasteiger partial charge < -0.3 is 24.6 Å². The van der Waals surface area contributed by atoms with Crippen LogP contribution in [0.5, 0.6) is 17.2 Å². The SMILES string of the molecule is COc1cc(C(=O)O)cc(NC(=O)C2Cc3cc(C)c(C)cc3O2)c1OC. The molecular weight excluding hydrogens is 350 g/mol. The predicted octanol–water partition coefficient (Wildman–Crippen LogP) is 2.96. The number of anilines is 1. The Bertz CT molecular complexity index is 890. The summed E-state index contributed by atoms with van der Waals surface area (Å²) in [6, 6.07) is 6.61. The smallest absolute Gasteiger partial charge is 0.335 e. The molecule has 0 fully saturated rings. The Kier molecular flexibility index (Phi) is 4.94. The van der Waals surface area contributed by atoms with E-state index in [1.54, 1.807) is 0 Å². The zero-order valence-electron chi connectivity index (χ0n) is 15.6. The molecule has 2 aromatic carbocycles. The number of rotatable bonds is 5. The van der Waals surface area contributed by atoms with Crippen LogP contribution in [0.2, 0.25) is 0 Å². The number of fused-ring (bicyclic) bond motifs is 1. The molecule has 0 radical (unpaired) electrons. The first kappa shape index (κ1) is 18.6. The zero-order chi connectivity index (χ0) is 19.7. The van der Waals surface area contributed by atoms with Crippen molar-refractivity contribution in [2.75, 3.05) is 19.5 Å². The molecule has 142 valence electrons. The van der Waals surface area contributed by atoms with Crippen LogP contribution in [0.25, 0.3) is 0 Å². The molecule has 1 aliphatic heterocycles. The minimum atomic E-state index is -1.14. The molecule has 0 aromatic heterocycles. The van der Waals surface area contributed by atoms with Crippen molar-refractivity contribution in [3.8, 4) is 17.2 Å². The standard InChI is InChI=1S/C20H21NO6/c1-10-5-12-8-17(27-15(12)6-11(10)2)19(22)21-14-7-13(20(23)24)9-16(25-3)18(14)26-4/h5-7,9,17H,8H2,1-4H3,(H,21,22)(H,23,24). The van der Waals surface area contributed by atoms with Crippen molar-refractivity contribution in [1.29, 1.82) is 0 Å². The number of aromatic carboxylic acids is 1. The number of benzene rings is 2. The highest BCUT2D eigenvalue weighted by Crippen LogP contribution is 2.37. The predicted molar refractivity (Wildman–Crippen MR) is 99.2 cm³/mol. The highest BCUT2D eigenvalue weighted by Gasteiger charge is 2.30. The summed E-state index contributed by atoms with van der Waals surface area (Å²) in [6.07, 6.45) is -0.259. The maximum atomic E-state index is 12.7. The minimum Gasteiger partial charge on any atom is -0.493 e. The van der Waals surface area contributed by atoms with Gasteiger partial charge in [0.2, 0.25) is 0 Å². The number of amides is 1. The molecule has 1 atom stereocenters. The molecule has 1 unspecified atom stereocenters. The highest BCUT2D eigenvalue weighted by atomic mass is 16.5. The molecule has 3 rings (SSSR count). The summed E-state index contributed by atoms with van der Waals surface area (Å²) in [5.41, 5.74) is 3.40. The van der Waals surface area contributed by atoms with Crippen LogP contribution < -0.4 is 19.5 Å². The molecule has 2 aromatic rings. The number of carbonyl (C=O) groups is 2. The lowest BCUT2D eigenvalue weighted by Crippen LogP contribution is -2.31. The number of carbonyl (C=O) groups excluding carboxylic acids is 1. The van der Waals surface area contributed by atoms with Gasteiger partial charge in [-0.2, -0.15) is 0 Å². The number of aryl methyl sites for hydroxylation is 2. The monoisotopic (exact) mass is 371 g/mol. The minimum absolute atomic E-state index is 0.0233. The molecule has 0 saturated heterocycles. The fraction of sp³-hybridized carbons (Fsp3) is 0.300. The Hall–Kier alpha value is -3.22. The number of methoxy groups -OCH3 is 2. The van der Waals surface area contributed by atoms with Gasteiger partial charge in [0.1, 0.15) is 5.75 Å². The fourth-order valence-corrected chi connectivity index (χ4v) is 3.05. The quantitative estimate of drug-likeness (QED) is 0.839. The van der Waals surface area contributed by atoms with Crippen LogP contribution >= 0.6 is 0 Å². The number of nitrogens with one attached hydrogen (secondary N) is 1. The van der Waals surface area contributed by atoms with E-state index in [9.17, 15) is 14.7 Å². The Labute approximate surface area is 156 Å². The van der Waals surface area contributed by atoms with Gasteiger partial charge in [-0.05, 0) is 48.7 Å². The van der Waals surface area contributed by atoms with E-state index in [1.807, 2.05) is 26.0 Å². The van der Waals surface area contributed by atoms with Crippen LogP contribution in [0.3, 0.4) is 0 Å². The van der Waals surface area contributed by atoms with Gasteiger partial charge in [0.05, 0.1) is 25.5 Å². The van der Waals surface area contributed by atoms with Crippen molar-refractivity contribution in [3.63, 3.8) is 0 Å². The molecular formula is C20H21NO6. The maximum absolute atomic E-state index is 12.7. The van der Waals surface area contributed by atoms with Gasteiger partial charge in [-0.25, -0.2) is 4.79 Å². The highest BCUT2D eigenvalue weighted by molar-refractivity contribution is 5.99. The maximum Gasteiger partial charge on any atom is 0.335 e. The lowest BCUT2D eigenvalue weighted by molar-refractivity contribution is -0.122. The number of carboxylic acid groups (broad SMARTS) is 1. The van der Waals surface area contributed by atoms with Gasteiger partial charge in [-0.3, -0.25) is 4.79 Å². The van der Waals surface area contributed by atoms with E-state index in [0.717, 1.165) is 16.7 Å². The Morgan fingerprint density at radius 1 is 1.11 bits per heavy atom. The van der Waals surface area contributed by atoms with E-state index in [1.165, 1.54) is 26.4 Å². The zero-order valence-corrected chi connectivity index (χ0v) is 15.6. The van der Waals surface area contributed by atoms with Crippen LogP contribution in [0.4, 0.5) is 5.69 Å². The van der Waals surface area contributed by atoms with Crippen LogP contribution in [0.15, 0.2) is 24.3 Å². The van der Waals surface area contributed by atoms with Crippen molar-refractivity contribution >= 4 is 17.6 Å². The molecule has 2 N–H and O–H groups in total. The van der Waals surface area contributed by atoms with Gasteiger partial charge in [-0.15, -0.1) is 0 Å². The molecule has 1 amide bonds. The molecule has 0 aliphatic carbocycles. The van der Waals surface area contributed by atoms with Crippen molar-refractivity contribution in [2.45, 2.75) is 26.4 Å². The van der Waals surface area contributed by atoms with E-state index in [4.69, 9.17) is 14.2 Å². The first-order chi connectivity index (χ1) is 12.8. The third-order valence-corrected chi connectivity index (χ3v) is 4.63. The summed E-state index contributed by atoms with van der Waals surface area (Å²) in [6.45, 7) is 4.00. The van der Waals surface area contributed by atoms with Crippen LogP contribution in [0, 0.1) is 13.8 Å². The van der Waals surface area contributed by atoms with Crippen molar-refractivity contribution < 1.29 is 28.9 Å². The van der Waals surface area contributed by atoms with Gasteiger partial charge in [-0.1, -0.05) is 6.07 Å². The lowest BCUT2D eigenvalue weighted by atomic mass is 10.0. The van der Waals surface area contributed by atoms with E-state index in [0.29, 0.717) is 12.2 Å². The van der Waals surface area contributed by atoms with Crippen molar-refractivity contribution in [3.05, 3.63) is 46.5 Å². The van der Waals surface area contributed by atoms with E-state index in [-0.39, 0.29) is 28.7 Å². The van der Waals surface area contributed by atoms with Crippen LogP contribution in [-0.4, -0.2) is 37.3 Å². The summed E-state index contributed by atoms with van der Waals surface area (Å²) >= 11 is 0. The summed E-state index contributed by atoms with van der Waals surface area (Å²) in [5.74, 6) is -0.360. The van der Waals surface area contributed by atoms with Gasteiger partial charge in [0.15, 0.2) is 17.6 Å². The average Bonchev–Trinajstić information content (AvgIpc) is 3.04. The molecule has 1 heterocycles. The number of ether oxygens (including phenoxy) is 3. The van der Waals surface area contributed by atoms with Crippen LogP contribution in [0.1, 0.15) is 27.0 Å². The Morgan fingerprint density at radius 3 is 2.44 bits per heavy atom.